The lowest BCUT2D eigenvalue weighted by atomic mass is 9.93. The van der Waals surface area contributed by atoms with Crippen LogP contribution in [0.1, 0.15) is 19.8 Å². The molecule has 1 aliphatic heterocycles. The minimum Gasteiger partial charge on any atom is -0.350 e. The molecule has 1 aromatic rings. The third kappa shape index (κ3) is 2.44. The summed E-state index contributed by atoms with van der Waals surface area (Å²) in [6, 6.07) is 0.405. The number of hydrogen-bond acceptors (Lipinski definition) is 5. The zero-order chi connectivity index (χ0) is 10.7. The predicted molar refractivity (Wildman–Crippen MR) is 57.5 cm³/mol. The van der Waals surface area contributed by atoms with Gasteiger partial charge in [0.1, 0.15) is 0 Å². The first kappa shape index (κ1) is 10.4. The molecule has 1 fully saturated rings. The van der Waals surface area contributed by atoms with E-state index in [4.69, 9.17) is 0 Å². The fourth-order valence-electron chi connectivity index (χ4n) is 1.98. The van der Waals surface area contributed by atoms with Crippen molar-refractivity contribution in [1.82, 2.24) is 25.5 Å². The predicted octanol–water partition coefficient (Wildman–Crippen LogP) is 0.0101. The Balaban J connectivity index is 1.91. The van der Waals surface area contributed by atoms with Gasteiger partial charge in [0, 0.05) is 13.1 Å². The third-order valence-electron chi connectivity index (χ3n) is 3.02. The lowest BCUT2D eigenvalue weighted by molar-refractivity contribution is 0.345. The number of nitrogens with zero attached hydrogens (tertiary/aromatic N) is 4. The Labute approximate surface area is 89.4 Å². The second-order valence-corrected chi connectivity index (χ2v) is 4.17. The van der Waals surface area contributed by atoms with Gasteiger partial charge in [0.25, 0.3) is 0 Å². The van der Waals surface area contributed by atoms with E-state index in [9.17, 15) is 0 Å². The van der Waals surface area contributed by atoms with Crippen LogP contribution in [0.15, 0.2) is 0 Å². The molecule has 0 radical (unpaired) electrons. The summed E-state index contributed by atoms with van der Waals surface area (Å²) in [7, 11) is 1.84. The molecule has 0 aliphatic carbocycles. The topological polar surface area (TPSA) is 67.7 Å². The summed E-state index contributed by atoms with van der Waals surface area (Å²) < 4.78 is 1.66. The van der Waals surface area contributed by atoms with Crippen LogP contribution in [0.4, 0.5) is 5.95 Å². The Hall–Kier alpha value is -1.17. The number of anilines is 1. The van der Waals surface area contributed by atoms with Gasteiger partial charge in [-0.25, -0.2) is 4.68 Å². The highest BCUT2D eigenvalue weighted by Crippen LogP contribution is 2.16. The van der Waals surface area contributed by atoms with Crippen molar-refractivity contribution in [2.75, 3.05) is 18.4 Å². The van der Waals surface area contributed by atoms with Crippen LogP contribution in [-0.2, 0) is 7.05 Å². The Morgan fingerprint density at radius 3 is 3.07 bits per heavy atom. The molecule has 2 atom stereocenters. The molecule has 6 nitrogen and oxygen atoms in total. The molecule has 0 bridgehead atoms. The van der Waals surface area contributed by atoms with E-state index in [-0.39, 0.29) is 0 Å². The van der Waals surface area contributed by atoms with Crippen molar-refractivity contribution >= 4 is 5.95 Å². The zero-order valence-electron chi connectivity index (χ0n) is 9.27. The Morgan fingerprint density at radius 1 is 1.60 bits per heavy atom. The van der Waals surface area contributed by atoms with Crippen molar-refractivity contribution in [3.8, 4) is 0 Å². The molecule has 0 saturated carbocycles. The highest BCUT2D eigenvalue weighted by Gasteiger charge is 2.20. The van der Waals surface area contributed by atoms with E-state index >= 15 is 0 Å². The molecule has 0 amide bonds. The molecule has 15 heavy (non-hydrogen) atoms. The van der Waals surface area contributed by atoms with E-state index in [1.807, 2.05) is 7.05 Å². The van der Waals surface area contributed by atoms with E-state index in [0.29, 0.717) is 12.0 Å². The first-order chi connectivity index (χ1) is 7.27. The van der Waals surface area contributed by atoms with Crippen LogP contribution in [0.25, 0.3) is 0 Å². The van der Waals surface area contributed by atoms with Gasteiger partial charge in [0.05, 0.1) is 0 Å². The molecule has 2 unspecified atom stereocenters. The van der Waals surface area contributed by atoms with Crippen molar-refractivity contribution in [2.45, 2.75) is 25.8 Å². The van der Waals surface area contributed by atoms with Crippen molar-refractivity contribution < 1.29 is 0 Å². The number of nitrogens with one attached hydrogen (secondary N) is 2. The molecule has 1 aromatic heterocycles. The maximum atomic E-state index is 3.92. The SMILES string of the molecule is CC(Nc1nnnn1C)C1CCCNC1. The van der Waals surface area contributed by atoms with Crippen LogP contribution in [-0.4, -0.2) is 39.3 Å². The van der Waals surface area contributed by atoms with Gasteiger partial charge in [-0.3, -0.25) is 0 Å². The van der Waals surface area contributed by atoms with Crippen molar-refractivity contribution in [3.05, 3.63) is 0 Å². The maximum absolute atomic E-state index is 3.92. The number of tetrazole rings is 1. The van der Waals surface area contributed by atoms with Crippen LogP contribution < -0.4 is 10.6 Å². The van der Waals surface area contributed by atoms with E-state index < -0.39 is 0 Å². The molecule has 6 heteroatoms. The largest absolute Gasteiger partial charge is 0.350 e. The summed E-state index contributed by atoms with van der Waals surface area (Å²) in [5.41, 5.74) is 0. The molecule has 0 aromatic carbocycles. The maximum Gasteiger partial charge on any atom is 0.242 e. The highest BCUT2D eigenvalue weighted by molar-refractivity contribution is 5.23. The van der Waals surface area contributed by atoms with Crippen LogP contribution in [0.2, 0.25) is 0 Å². The van der Waals surface area contributed by atoms with E-state index in [2.05, 4.69) is 33.1 Å². The number of rotatable bonds is 3. The number of aryl methyl sites for hydroxylation is 1. The van der Waals surface area contributed by atoms with Crippen molar-refractivity contribution in [3.63, 3.8) is 0 Å². The van der Waals surface area contributed by atoms with Crippen LogP contribution in [0, 0.1) is 5.92 Å². The molecule has 2 N–H and O–H groups in total. The lowest BCUT2D eigenvalue weighted by Gasteiger charge is -2.28. The van der Waals surface area contributed by atoms with E-state index in [1.165, 1.54) is 12.8 Å². The first-order valence-corrected chi connectivity index (χ1v) is 5.47. The summed E-state index contributed by atoms with van der Waals surface area (Å²) in [6.07, 6.45) is 2.53. The molecule has 2 heterocycles. The summed E-state index contributed by atoms with van der Waals surface area (Å²) >= 11 is 0. The third-order valence-corrected chi connectivity index (χ3v) is 3.02. The Bertz CT molecular complexity index is 303. The second kappa shape index (κ2) is 4.57. The molecular weight excluding hydrogens is 192 g/mol. The fourth-order valence-corrected chi connectivity index (χ4v) is 1.98. The van der Waals surface area contributed by atoms with Gasteiger partial charge in [-0.2, -0.15) is 0 Å². The normalized spacial score (nSPS) is 23.7. The van der Waals surface area contributed by atoms with Crippen molar-refractivity contribution in [1.29, 1.82) is 0 Å². The molecule has 1 aliphatic rings. The fraction of sp³-hybridized carbons (Fsp3) is 0.889. The van der Waals surface area contributed by atoms with Crippen LogP contribution in [0.3, 0.4) is 0 Å². The smallest absolute Gasteiger partial charge is 0.242 e. The van der Waals surface area contributed by atoms with E-state index in [1.54, 1.807) is 4.68 Å². The van der Waals surface area contributed by atoms with Gasteiger partial charge in [-0.05, 0) is 49.2 Å². The van der Waals surface area contributed by atoms with Crippen molar-refractivity contribution in [2.24, 2.45) is 13.0 Å². The van der Waals surface area contributed by atoms with Gasteiger partial charge in [-0.1, -0.05) is 5.10 Å². The van der Waals surface area contributed by atoms with E-state index in [0.717, 1.165) is 19.0 Å². The molecule has 84 valence electrons. The van der Waals surface area contributed by atoms with Gasteiger partial charge in [0.2, 0.25) is 5.95 Å². The standard InChI is InChI=1S/C9H18N6/c1-7(8-4-3-5-10-6-8)11-9-12-13-14-15(9)2/h7-8,10H,3-6H2,1-2H3,(H,11,12,14). The Morgan fingerprint density at radius 2 is 2.47 bits per heavy atom. The van der Waals surface area contributed by atoms with Gasteiger partial charge in [-0.15, -0.1) is 0 Å². The second-order valence-electron chi connectivity index (χ2n) is 4.17. The minimum atomic E-state index is 0.405. The average Bonchev–Trinajstić information content (AvgIpc) is 2.66. The van der Waals surface area contributed by atoms with Crippen LogP contribution in [0.5, 0.6) is 0 Å². The summed E-state index contributed by atoms with van der Waals surface area (Å²) in [5, 5.41) is 18.1. The monoisotopic (exact) mass is 210 g/mol. The molecular formula is C9H18N6. The first-order valence-electron chi connectivity index (χ1n) is 5.47. The summed E-state index contributed by atoms with van der Waals surface area (Å²) in [6.45, 7) is 4.42. The number of hydrogen-bond donors (Lipinski definition) is 2. The molecule has 2 rings (SSSR count). The molecule has 0 spiro atoms. The minimum absolute atomic E-state index is 0.405. The Kier molecular flexibility index (Phi) is 3.15. The van der Waals surface area contributed by atoms with Crippen LogP contribution >= 0.6 is 0 Å². The van der Waals surface area contributed by atoms with Gasteiger partial charge in [0.15, 0.2) is 0 Å². The number of aromatic nitrogens is 4. The highest BCUT2D eigenvalue weighted by atomic mass is 15.6. The number of piperidine rings is 1. The van der Waals surface area contributed by atoms with Gasteiger partial charge >= 0.3 is 0 Å². The van der Waals surface area contributed by atoms with Gasteiger partial charge < -0.3 is 10.6 Å². The lowest BCUT2D eigenvalue weighted by Crippen LogP contribution is -2.39. The summed E-state index contributed by atoms with van der Waals surface area (Å²) in [4.78, 5) is 0. The summed E-state index contributed by atoms with van der Waals surface area (Å²) in [5.74, 6) is 1.41. The average molecular weight is 210 g/mol. The quantitative estimate of drug-likeness (QED) is 0.735. The zero-order valence-corrected chi connectivity index (χ0v) is 9.27. The molecule has 1 saturated heterocycles.